The lowest BCUT2D eigenvalue weighted by atomic mass is 10.0. The van der Waals surface area contributed by atoms with Crippen LogP contribution in [0.5, 0.6) is 0 Å². The maximum absolute atomic E-state index is 5.83. The van der Waals surface area contributed by atoms with Crippen molar-refractivity contribution in [2.45, 2.75) is 26.2 Å². The lowest BCUT2D eigenvalue weighted by Gasteiger charge is -2.05. The largest absolute Gasteiger partial charge is 0.463 e. The Labute approximate surface area is 99.8 Å². The molecule has 86 valence electrons. The third-order valence-electron chi connectivity index (χ3n) is 2.58. The van der Waals surface area contributed by atoms with Gasteiger partial charge in [-0.3, -0.25) is 5.10 Å². The van der Waals surface area contributed by atoms with Crippen LogP contribution in [0.25, 0.3) is 11.5 Å². The van der Waals surface area contributed by atoms with Crippen molar-refractivity contribution < 1.29 is 4.42 Å². The highest BCUT2D eigenvalue weighted by Gasteiger charge is 2.17. The molecule has 0 aliphatic heterocycles. The fraction of sp³-hybridized carbons (Fsp3) is 0.417. The lowest BCUT2D eigenvalue weighted by Crippen LogP contribution is -1.96. The topological polar surface area (TPSA) is 41.8 Å². The van der Waals surface area contributed by atoms with Crippen molar-refractivity contribution in [3.05, 3.63) is 29.7 Å². The third kappa shape index (κ3) is 2.00. The molecule has 0 unspecified atom stereocenters. The predicted octanol–water partition coefficient (Wildman–Crippen LogP) is 3.57. The predicted molar refractivity (Wildman–Crippen MR) is 64.8 cm³/mol. The second kappa shape index (κ2) is 4.74. The highest BCUT2D eigenvalue weighted by atomic mass is 35.5. The summed E-state index contributed by atoms with van der Waals surface area (Å²) in [4.78, 5) is 0. The van der Waals surface area contributed by atoms with Crippen molar-refractivity contribution in [1.82, 2.24) is 10.2 Å². The summed E-state index contributed by atoms with van der Waals surface area (Å²) in [6, 6.07) is 3.78. The molecule has 1 N–H and O–H groups in total. The third-order valence-corrected chi connectivity index (χ3v) is 2.76. The van der Waals surface area contributed by atoms with Gasteiger partial charge in [0.1, 0.15) is 5.69 Å². The van der Waals surface area contributed by atoms with Gasteiger partial charge in [-0.25, -0.2) is 0 Å². The molecule has 4 heteroatoms. The number of hydrogen-bond donors (Lipinski definition) is 1. The fourth-order valence-corrected chi connectivity index (χ4v) is 2.01. The van der Waals surface area contributed by atoms with Gasteiger partial charge in [0.25, 0.3) is 0 Å². The summed E-state index contributed by atoms with van der Waals surface area (Å²) in [5.41, 5.74) is 3.20. The van der Waals surface area contributed by atoms with Gasteiger partial charge in [-0.15, -0.1) is 11.6 Å². The van der Waals surface area contributed by atoms with E-state index in [0.717, 1.165) is 23.6 Å². The number of aromatic amines is 1. The van der Waals surface area contributed by atoms with Gasteiger partial charge < -0.3 is 4.42 Å². The van der Waals surface area contributed by atoms with E-state index in [1.165, 1.54) is 5.56 Å². The Bertz CT molecular complexity index is 446. The Morgan fingerprint density at radius 2 is 2.31 bits per heavy atom. The highest BCUT2D eigenvalue weighted by Crippen LogP contribution is 2.28. The van der Waals surface area contributed by atoms with Gasteiger partial charge in [-0.1, -0.05) is 13.8 Å². The number of halogens is 1. The van der Waals surface area contributed by atoms with E-state index in [1.807, 2.05) is 12.1 Å². The van der Waals surface area contributed by atoms with Gasteiger partial charge in [0.15, 0.2) is 5.76 Å². The molecule has 2 rings (SSSR count). The first-order valence-electron chi connectivity index (χ1n) is 5.41. The van der Waals surface area contributed by atoms with Gasteiger partial charge >= 0.3 is 0 Å². The quantitative estimate of drug-likeness (QED) is 0.828. The first kappa shape index (κ1) is 11.3. The van der Waals surface area contributed by atoms with Gasteiger partial charge in [-0.2, -0.15) is 5.10 Å². The van der Waals surface area contributed by atoms with Crippen LogP contribution in [0.2, 0.25) is 0 Å². The fourth-order valence-electron chi connectivity index (χ4n) is 1.82. The van der Waals surface area contributed by atoms with Crippen molar-refractivity contribution in [2.24, 2.45) is 0 Å². The van der Waals surface area contributed by atoms with E-state index in [0.29, 0.717) is 11.8 Å². The Morgan fingerprint density at radius 3 is 2.88 bits per heavy atom. The Balaban J connectivity index is 2.46. The summed E-state index contributed by atoms with van der Waals surface area (Å²) in [5.74, 6) is 1.80. The van der Waals surface area contributed by atoms with Crippen LogP contribution in [0, 0.1) is 0 Å². The van der Waals surface area contributed by atoms with Gasteiger partial charge in [0.2, 0.25) is 0 Å². The van der Waals surface area contributed by atoms with Crippen LogP contribution in [-0.2, 0) is 6.42 Å². The second-order valence-electron chi connectivity index (χ2n) is 4.04. The van der Waals surface area contributed by atoms with E-state index in [1.54, 1.807) is 6.26 Å². The van der Waals surface area contributed by atoms with E-state index in [2.05, 4.69) is 24.0 Å². The molecule has 0 saturated carbocycles. The molecule has 0 saturated heterocycles. The SMILES string of the molecule is CC(C)c1[nH]nc(-c2ccco2)c1CCCl. The number of alkyl halides is 1. The van der Waals surface area contributed by atoms with Crippen LogP contribution in [-0.4, -0.2) is 16.1 Å². The Hall–Kier alpha value is -1.22. The van der Waals surface area contributed by atoms with Gasteiger partial charge in [0, 0.05) is 17.1 Å². The van der Waals surface area contributed by atoms with Gasteiger partial charge in [-0.05, 0) is 24.5 Å². The minimum Gasteiger partial charge on any atom is -0.463 e. The summed E-state index contributed by atoms with van der Waals surface area (Å²) < 4.78 is 5.37. The summed E-state index contributed by atoms with van der Waals surface area (Å²) in [7, 11) is 0. The minimum absolute atomic E-state index is 0.412. The van der Waals surface area contributed by atoms with E-state index >= 15 is 0 Å². The molecule has 0 aromatic carbocycles. The second-order valence-corrected chi connectivity index (χ2v) is 4.41. The summed E-state index contributed by atoms with van der Waals surface area (Å²) in [5, 5.41) is 7.40. The van der Waals surface area contributed by atoms with Crippen LogP contribution >= 0.6 is 11.6 Å². The summed E-state index contributed by atoms with van der Waals surface area (Å²) in [6.07, 6.45) is 2.46. The van der Waals surface area contributed by atoms with E-state index in [9.17, 15) is 0 Å². The van der Waals surface area contributed by atoms with Crippen molar-refractivity contribution in [2.75, 3.05) is 5.88 Å². The van der Waals surface area contributed by atoms with Crippen LogP contribution in [0.15, 0.2) is 22.8 Å². The molecule has 3 nitrogen and oxygen atoms in total. The number of rotatable bonds is 4. The molecule has 0 aliphatic carbocycles. The summed E-state index contributed by atoms with van der Waals surface area (Å²) >= 11 is 5.83. The zero-order valence-corrected chi connectivity index (χ0v) is 10.2. The average molecular weight is 239 g/mol. The van der Waals surface area contributed by atoms with Crippen molar-refractivity contribution in [1.29, 1.82) is 0 Å². The number of hydrogen-bond acceptors (Lipinski definition) is 2. The zero-order valence-electron chi connectivity index (χ0n) is 9.46. The Kier molecular flexibility index (Phi) is 3.34. The minimum atomic E-state index is 0.412. The molecule has 0 amide bonds. The number of H-pyrrole nitrogens is 1. The van der Waals surface area contributed by atoms with Crippen LogP contribution in [0.4, 0.5) is 0 Å². The first-order valence-corrected chi connectivity index (χ1v) is 5.94. The number of furan rings is 1. The maximum atomic E-state index is 5.83. The molecule has 0 aliphatic rings. The van der Waals surface area contributed by atoms with E-state index in [4.69, 9.17) is 16.0 Å². The van der Waals surface area contributed by atoms with E-state index < -0.39 is 0 Å². The van der Waals surface area contributed by atoms with Crippen molar-refractivity contribution in [3.63, 3.8) is 0 Å². The number of aromatic nitrogens is 2. The highest BCUT2D eigenvalue weighted by molar-refractivity contribution is 6.18. The molecular weight excluding hydrogens is 224 g/mol. The molecule has 0 fully saturated rings. The van der Waals surface area contributed by atoms with Crippen LogP contribution in [0.3, 0.4) is 0 Å². The molecule has 2 aromatic heterocycles. The molecule has 0 bridgehead atoms. The van der Waals surface area contributed by atoms with Crippen LogP contribution < -0.4 is 0 Å². The van der Waals surface area contributed by atoms with Crippen LogP contribution in [0.1, 0.15) is 31.0 Å². The zero-order chi connectivity index (χ0) is 11.5. The molecule has 0 radical (unpaired) electrons. The molecule has 2 aromatic rings. The smallest absolute Gasteiger partial charge is 0.154 e. The van der Waals surface area contributed by atoms with Crippen molar-refractivity contribution in [3.8, 4) is 11.5 Å². The average Bonchev–Trinajstić information content (AvgIpc) is 2.84. The van der Waals surface area contributed by atoms with Gasteiger partial charge in [0.05, 0.1) is 6.26 Å². The monoisotopic (exact) mass is 238 g/mol. The maximum Gasteiger partial charge on any atom is 0.154 e. The molecule has 0 spiro atoms. The Morgan fingerprint density at radius 1 is 1.50 bits per heavy atom. The first-order chi connectivity index (χ1) is 7.74. The number of nitrogens with one attached hydrogen (secondary N) is 1. The molecule has 0 atom stereocenters. The summed E-state index contributed by atoms with van der Waals surface area (Å²) in [6.45, 7) is 4.27. The standard InChI is InChI=1S/C12H15ClN2O/c1-8(2)11-9(5-6-13)12(15-14-11)10-4-3-7-16-10/h3-4,7-8H,5-6H2,1-2H3,(H,14,15). The molecule has 16 heavy (non-hydrogen) atoms. The van der Waals surface area contributed by atoms with E-state index in [-0.39, 0.29) is 0 Å². The number of nitrogens with zero attached hydrogens (tertiary/aromatic N) is 1. The molecule has 2 heterocycles. The van der Waals surface area contributed by atoms with Crippen molar-refractivity contribution >= 4 is 11.6 Å². The normalized spacial score (nSPS) is 11.2. The lowest BCUT2D eigenvalue weighted by molar-refractivity contribution is 0.579. The molecular formula is C12H15ClN2O.